The molecule has 2 aromatic rings. The molecule has 4 nitrogen and oxygen atoms in total. The molecule has 0 fully saturated rings. The van der Waals surface area contributed by atoms with Crippen LogP contribution < -0.4 is 0 Å². The van der Waals surface area contributed by atoms with Crippen LogP contribution in [-0.2, 0) is 11.2 Å². The summed E-state index contributed by atoms with van der Waals surface area (Å²) < 4.78 is 5.53. The van der Waals surface area contributed by atoms with E-state index in [0.717, 1.165) is 35.0 Å². The maximum Gasteiger partial charge on any atom is 0.146 e. The number of H-pyrrole nitrogens is 2. The minimum absolute atomic E-state index is 0.798. The fraction of sp³-hybridized carbons (Fsp3) is 0.552. The average Bonchev–Trinajstić information content (AvgIpc) is 3.58. The molecule has 0 amide bonds. The first-order valence-electron chi connectivity index (χ1n) is 13.2. The van der Waals surface area contributed by atoms with E-state index >= 15 is 0 Å². The number of aromatic nitrogens is 2. The van der Waals surface area contributed by atoms with Crippen LogP contribution in [0, 0.1) is 0 Å². The number of nitrogens with one attached hydrogen (secondary N) is 2. The summed E-state index contributed by atoms with van der Waals surface area (Å²) >= 11 is 0. The minimum atomic E-state index is 0.798. The first-order chi connectivity index (χ1) is 16.3. The highest BCUT2D eigenvalue weighted by atomic mass is 16.5. The van der Waals surface area contributed by atoms with Crippen molar-refractivity contribution < 1.29 is 4.74 Å². The minimum Gasteiger partial charge on any atom is -0.494 e. The van der Waals surface area contributed by atoms with Crippen LogP contribution in [0.4, 0.5) is 0 Å². The number of aryl methyl sites for hydroxylation is 1. The van der Waals surface area contributed by atoms with Gasteiger partial charge in [0.15, 0.2) is 0 Å². The van der Waals surface area contributed by atoms with Gasteiger partial charge in [0.25, 0.3) is 0 Å². The fourth-order valence-corrected chi connectivity index (χ4v) is 4.48. The molecule has 0 aromatic carbocycles. The molecule has 0 saturated carbocycles. The Morgan fingerprint density at radius 1 is 0.848 bits per heavy atom. The summed E-state index contributed by atoms with van der Waals surface area (Å²) in [5, 5.41) is 0. The van der Waals surface area contributed by atoms with Crippen LogP contribution >= 0.6 is 0 Å². The molecule has 3 rings (SSSR count). The van der Waals surface area contributed by atoms with E-state index in [1.165, 1.54) is 89.2 Å². The molecule has 33 heavy (non-hydrogen) atoms. The summed E-state index contributed by atoms with van der Waals surface area (Å²) in [6.45, 7) is 2.29. The first kappa shape index (κ1) is 25.1. The van der Waals surface area contributed by atoms with Crippen molar-refractivity contribution in [1.82, 2.24) is 9.97 Å². The molecule has 0 spiro atoms. The molecule has 2 aromatic heterocycles. The highest BCUT2D eigenvalue weighted by Gasteiger charge is 2.17. The third-order valence-electron chi connectivity index (χ3n) is 6.47. The summed E-state index contributed by atoms with van der Waals surface area (Å²) in [4.78, 5) is 11.5. The lowest BCUT2D eigenvalue weighted by Crippen LogP contribution is -1.93. The van der Waals surface area contributed by atoms with Crippen LogP contribution in [0.15, 0.2) is 53.0 Å². The Kier molecular flexibility index (Phi) is 11.1. The fourth-order valence-electron chi connectivity index (χ4n) is 4.48. The van der Waals surface area contributed by atoms with E-state index in [4.69, 9.17) is 9.73 Å². The molecule has 3 heterocycles. The predicted molar refractivity (Wildman–Crippen MR) is 141 cm³/mol. The molecule has 2 N–H and O–H groups in total. The van der Waals surface area contributed by atoms with Gasteiger partial charge in [-0.25, -0.2) is 4.99 Å². The van der Waals surface area contributed by atoms with E-state index in [2.05, 4.69) is 35.1 Å². The van der Waals surface area contributed by atoms with Crippen molar-refractivity contribution in [2.24, 2.45) is 4.99 Å². The lowest BCUT2D eigenvalue weighted by molar-refractivity contribution is 0.303. The quantitative estimate of drug-likeness (QED) is 0.234. The second kappa shape index (κ2) is 14.6. The van der Waals surface area contributed by atoms with Crippen molar-refractivity contribution in [1.29, 1.82) is 0 Å². The van der Waals surface area contributed by atoms with E-state index < -0.39 is 0 Å². The van der Waals surface area contributed by atoms with Crippen molar-refractivity contribution in [2.75, 3.05) is 7.11 Å². The van der Waals surface area contributed by atoms with E-state index in [1.54, 1.807) is 7.11 Å². The topological polar surface area (TPSA) is 53.2 Å². The van der Waals surface area contributed by atoms with Gasteiger partial charge in [-0.3, -0.25) is 0 Å². The van der Waals surface area contributed by atoms with Gasteiger partial charge in [-0.2, -0.15) is 0 Å². The van der Waals surface area contributed by atoms with Crippen LogP contribution in [0.1, 0.15) is 107 Å². The number of hydrogen-bond acceptors (Lipinski definition) is 2. The van der Waals surface area contributed by atoms with Crippen LogP contribution in [0.25, 0.3) is 6.08 Å². The zero-order chi connectivity index (χ0) is 23.1. The summed E-state index contributed by atoms with van der Waals surface area (Å²) in [5.74, 6) is 0.798. The SMILES string of the molecule is CCCCCCCCCCCCCCCc1ccc(/C=C2\N=C(c3ccc[nH]3)C=C2OC)[nH]1. The van der Waals surface area contributed by atoms with E-state index in [1.807, 2.05) is 24.4 Å². The molecule has 4 heteroatoms. The standard InChI is InChI=1S/C29H43N3O/c1-3-4-5-6-7-8-9-10-11-12-13-14-15-17-24-19-20-25(31-24)22-28-29(33-2)23-27(32-28)26-18-16-21-30-26/h16,18-23,30-31H,3-15,17H2,1-2H3/b28-22-. The number of hydrogen-bond donors (Lipinski definition) is 2. The van der Waals surface area contributed by atoms with Crippen LogP contribution in [0.5, 0.6) is 0 Å². The monoisotopic (exact) mass is 449 g/mol. The normalized spacial score (nSPS) is 14.7. The Labute approximate surface area is 200 Å². The molecule has 0 radical (unpaired) electrons. The Hall–Kier alpha value is -2.49. The summed E-state index contributed by atoms with van der Waals surface area (Å²) in [6, 6.07) is 8.34. The number of ether oxygens (including phenoxy) is 1. The molecule has 1 aliphatic rings. The summed E-state index contributed by atoms with van der Waals surface area (Å²) in [5.41, 5.74) is 5.15. The number of aromatic amines is 2. The second-order valence-electron chi connectivity index (χ2n) is 9.25. The van der Waals surface area contributed by atoms with Crippen molar-refractivity contribution >= 4 is 11.8 Å². The van der Waals surface area contributed by atoms with E-state index in [0.29, 0.717) is 0 Å². The van der Waals surface area contributed by atoms with Gasteiger partial charge in [0.2, 0.25) is 0 Å². The van der Waals surface area contributed by atoms with E-state index in [9.17, 15) is 0 Å². The molecular weight excluding hydrogens is 406 g/mol. The number of allylic oxidation sites excluding steroid dienone is 1. The Morgan fingerprint density at radius 3 is 2.12 bits per heavy atom. The molecule has 0 atom stereocenters. The van der Waals surface area contributed by atoms with Crippen molar-refractivity contribution in [3.8, 4) is 0 Å². The predicted octanol–water partition coefficient (Wildman–Crippen LogP) is 8.35. The zero-order valence-corrected chi connectivity index (χ0v) is 20.8. The molecule has 180 valence electrons. The summed E-state index contributed by atoms with van der Waals surface area (Å²) in [6.07, 6.45) is 25.2. The van der Waals surface area contributed by atoms with Gasteiger partial charge in [-0.1, -0.05) is 84.0 Å². The van der Waals surface area contributed by atoms with Gasteiger partial charge in [0.05, 0.1) is 18.5 Å². The molecule has 0 saturated heterocycles. The number of nitrogens with zero attached hydrogens (tertiary/aromatic N) is 1. The summed E-state index contributed by atoms with van der Waals surface area (Å²) in [7, 11) is 1.70. The molecular formula is C29H43N3O. The lowest BCUT2D eigenvalue weighted by atomic mass is 10.0. The highest BCUT2D eigenvalue weighted by molar-refractivity contribution is 6.11. The third kappa shape index (κ3) is 8.75. The number of methoxy groups -OCH3 is 1. The number of unbranched alkanes of at least 4 members (excludes halogenated alkanes) is 12. The van der Waals surface area contributed by atoms with Crippen LogP contribution in [0.2, 0.25) is 0 Å². The second-order valence-corrected chi connectivity index (χ2v) is 9.25. The van der Waals surface area contributed by atoms with Crippen molar-refractivity contribution in [3.63, 3.8) is 0 Å². The van der Waals surface area contributed by atoms with Crippen molar-refractivity contribution in [3.05, 3.63) is 65.1 Å². The molecule has 0 unspecified atom stereocenters. The van der Waals surface area contributed by atoms with Crippen LogP contribution in [0.3, 0.4) is 0 Å². The Bertz CT molecular complexity index is 886. The van der Waals surface area contributed by atoms with Gasteiger partial charge in [0.1, 0.15) is 11.5 Å². The van der Waals surface area contributed by atoms with Gasteiger partial charge < -0.3 is 14.7 Å². The molecule has 0 bridgehead atoms. The maximum atomic E-state index is 5.53. The molecule has 0 aliphatic carbocycles. The van der Waals surface area contributed by atoms with Crippen molar-refractivity contribution in [2.45, 2.75) is 96.8 Å². The smallest absolute Gasteiger partial charge is 0.146 e. The Morgan fingerprint density at radius 2 is 1.52 bits per heavy atom. The number of aliphatic imine (C=N–C) groups is 1. The van der Waals surface area contributed by atoms with Gasteiger partial charge >= 0.3 is 0 Å². The average molecular weight is 450 g/mol. The number of rotatable bonds is 17. The molecule has 1 aliphatic heterocycles. The third-order valence-corrected chi connectivity index (χ3v) is 6.47. The van der Waals surface area contributed by atoms with Gasteiger partial charge in [0, 0.05) is 23.7 Å². The van der Waals surface area contributed by atoms with E-state index in [-0.39, 0.29) is 0 Å². The Balaban J connectivity index is 1.30. The van der Waals surface area contributed by atoms with Gasteiger partial charge in [-0.05, 0) is 43.2 Å². The maximum absolute atomic E-state index is 5.53. The largest absolute Gasteiger partial charge is 0.494 e. The highest BCUT2D eigenvalue weighted by Crippen LogP contribution is 2.24. The zero-order valence-electron chi connectivity index (χ0n) is 20.8. The first-order valence-corrected chi connectivity index (χ1v) is 13.2. The van der Waals surface area contributed by atoms with Gasteiger partial charge in [-0.15, -0.1) is 0 Å². The van der Waals surface area contributed by atoms with Crippen LogP contribution in [-0.4, -0.2) is 22.8 Å². The lowest BCUT2D eigenvalue weighted by Gasteiger charge is -2.03.